The van der Waals surface area contributed by atoms with Gasteiger partial charge < -0.3 is 15.4 Å². The fourth-order valence-corrected chi connectivity index (χ4v) is 3.69. The molecule has 0 bridgehead atoms. The van der Waals surface area contributed by atoms with Crippen LogP contribution in [0.15, 0.2) is 90.4 Å². The third-order valence-electron chi connectivity index (χ3n) is 4.69. The average Bonchev–Trinajstić information content (AvgIpc) is 3.37. The van der Waals surface area contributed by atoms with E-state index in [-0.39, 0.29) is 17.6 Å². The number of aromatic nitrogens is 1. The van der Waals surface area contributed by atoms with Gasteiger partial charge in [-0.1, -0.05) is 36.4 Å². The molecule has 0 radical (unpaired) electrons. The maximum atomic E-state index is 13.0. The van der Waals surface area contributed by atoms with E-state index in [0.29, 0.717) is 28.6 Å². The predicted octanol–water partition coefficient (Wildman–Crippen LogP) is 5.05. The van der Waals surface area contributed by atoms with Crippen LogP contribution < -0.4 is 15.4 Å². The highest BCUT2D eigenvalue weighted by molar-refractivity contribution is 7.12. The van der Waals surface area contributed by atoms with Crippen LogP contribution in [0.2, 0.25) is 0 Å². The molecule has 0 saturated carbocycles. The number of ether oxygens (including phenoxy) is 1. The number of amides is 2. The molecule has 2 aromatic heterocycles. The van der Waals surface area contributed by atoms with Gasteiger partial charge in [0.15, 0.2) is 0 Å². The van der Waals surface area contributed by atoms with Crippen LogP contribution in [-0.2, 0) is 11.2 Å². The molecule has 0 fully saturated rings. The molecule has 4 rings (SSSR count). The highest BCUT2D eigenvalue weighted by Crippen LogP contribution is 2.21. The van der Waals surface area contributed by atoms with Crippen LogP contribution in [0.4, 0.5) is 10.1 Å². The lowest BCUT2D eigenvalue weighted by molar-refractivity contribution is -0.118. The minimum atomic E-state index is -0.780. The molecule has 4 aromatic rings. The van der Waals surface area contributed by atoms with Gasteiger partial charge in [-0.15, -0.1) is 11.3 Å². The van der Waals surface area contributed by atoms with Crippen LogP contribution in [0.5, 0.6) is 11.6 Å². The lowest BCUT2D eigenvalue weighted by Gasteiger charge is -2.18. The molecule has 2 N–H and O–H groups in total. The molecule has 0 aliphatic carbocycles. The van der Waals surface area contributed by atoms with E-state index in [4.69, 9.17) is 4.74 Å². The summed E-state index contributed by atoms with van der Waals surface area (Å²) >= 11 is 1.31. The summed E-state index contributed by atoms with van der Waals surface area (Å²) in [5.74, 6) is -0.282. The third kappa shape index (κ3) is 6.24. The van der Waals surface area contributed by atoms with Gasteiger partial charge in [0, 0.05) is 12.5 Å². The number of thiophene rings is 1. The molecule has 0 saturated heterocycles. The lowest BCUT2D eigenvalue weighted by atomic mass is 10.0. The van der Waals surface area contributed by atoms with Crippen LogP contribution in [0.1, 0.15) is 15.2 Å². The number of pyridine rings is 1. The minimum Gasteiger partial charge on any atom is -0.439 e. The third-order valence-corrected chi connectivity index (χ3v) is 5.56. The number of nitrogens with zero attached hydrogens (tertiary/aromatic N) is 1. The number of hydrogen-bond acceptors (Lipinski definition) is 5. The molecule has 166 valence electrons. The Balaban J connectivity index is 1.43. The maximum absolute atomic E-state index is 13.0. The average molecular weight is 462 g/mol. The normalized spacial score (nSPS) is 11.4. The molecule has 2 aromatic carbocycles. The van der Waals surface area contributed by atoms with Crippen molar-refractivity contribution in [2.75, 3.05) is 5.32 Å². The highest BCUT2D eigenvalue weighted by Gasteiger charge is 2.22. The molecule has 1 unspecified atom stereocenters. The number of rotatable bonds is 8. The highest BCUT2D eigenvalue weighted by atomic mass is 32.1. The fourth-order valence-electron chi connectivity index (χ4n) is 3.06. The van der Waals surface area contributed by atoms with Crippen LogP contribution in [0.25, 0.3) is 0 Å². The van der Waals surface area contributed by atoms with Crippen molar-refractivity contribution in [2.45, 2.75) is 12.5 Å². The minimum absolute atomic E-state index is 0.298. The SMILES string of the molecule is O=C(NC(Cc1ccccc1)C(=O)Nc1ccc(Oc2ccc(F)cc2)nc1)c1cccs1. The van der Waals surface area contributed by atoms with E-state index in [1.54, 1.807) is 24.3 Å². The van der Waals surface area contributed by atoms with Crippen molar-refractivity contribution in [3.8, 4) is 11.6 Å². The summed E-state index contributed by atoms with van der Waals surface area (Å²) in [6, 6.07) is 21.0. The number of anilines is 1. The number of halogens is 1. The quantitative estimate of drug-likeness (QED) is 0.385. The van der Waals surface area contributed by atoms with Crippen LogP contribution in [0, 0.1) is 5.82 Å². The Bertz CT molecular complexity index is 1200. The Morgan fingerprint density at radius 1 is 0.970 bits per heavy atom. The van der Waals surface area contributed by atoms with Gasteiger partial charge in [0.25, 0.3) is 5.91 Å². The fraction of sp³-hybridized carbons (Fsp3) is 0.0800. The van der Waals surface area contributed by atoms with Crippen molar-refractivity contribution in [1.82, 2.24) is 10.3 Å². The van der Waals surface area contributed by atoms with Crippen molar-refractivity contribution in [2.24, 2.45) is 0 Å². The van der Waals surface area contributed by atoms with Crippen molar-refractivity contribution in [3.05, 3.63) is 107 Å². The summed E-state index contributed by atoms with van der Waals surface area (Å²) in [7, 11) is 0. The number of benzene rings is 2. The summed E-state index contributed by atoms with van der Waals surface area (Å²) < 4.78 is 18.6. The van der Waals surface area contributed by atoms with Crippen LogP contribution in [0.3, 0.4) is 0 Å². The number of carbonyl (C=O) groups excluding carboxylic acids is 2. The van der Waals surface area contributed by atoms with Crippen LogP contribution >= 0.6 is 11.3 Å². The predicted molar refractivity (Wildman–Crippen MR) is 125 cm³/mol. The maximum Gasteiger partial charge on any atom is 0.262 e. The van der Waals surface area contributed by atoms with Gasteiger partial charge in [-0.05, 0) is 47.3 Å². The molecule has 8 heteroatoms. The largest absolute Gasteiger partial charge is 0.439 e. The first-order valence-electron chi connectivity index (χ1n) is 10.2. The smallest absolute Gasteiger partial charge is 0.262 e. The molecular weight excluding hydrogens is 441 g/mol. The molecule has 1 atom stereocenters. The van der Waals surface area contributed by atoms with Crippen LogP contribution in [-0.4, -0.2) is 22.8 Å². The van der Waals surface area contributed by atoms with Gasteiger partial charge in [0.1, 0.15) is 17.6 Å². The van der Waals surface area contributed by atoms with Crippen molar-refractivity contribution < 1.29 is 18.7 Å². The zero-order chi connectivity index (χ0) is 23.0. The van der Waals surface area contributed by atoms with Gasteiger partial charge in [0.05, 0.1) is 16.8 Å². The van der Waals surface area contributed by atoms with Gasteiger partial charge in [-0.3, -0.25) is 9.59 Å². The summed E-state index contributed by atoms with van der Waals surface area (Å²) in [6.07, 6.45) is 1.79. The first-order chi connectivity index (χ1) is 16.1. The number of carbonyl (C=O) groups is 2. The molecule has 6 nitrogen and oxygen atoms in total. The van der Waals surface area contributed by atoms with E-state index in [1.807, 2.05) is 35.7 Å². The van der Waals surface area contributed by atoms with Gasteiger partial charge in [-0.2, -0.15) is 0 Å². The summed E-state index contributed by atoms with van der Waals surface area (Å²) in [6.45, 7) is 0. The first-order valence-corrected chi connectivity index (χ1v) is 11.0. The standard InChI is InChI=1S/C25H20FN3O3S/c26-18-8-11-20(12-9-18)32-23-13-10-19(16-27-23)28-24(30)21(15-17-5-2-1-3-6-17)29-25(31)22-7-4-14-33-22/h1-14,16,21H,15H2,(H,28,30)(H,29,31). The van der Waals surface area contributed by atoms with E-state index >= 15 is 0 Å². The molecule has 0 aliphatic heterocycles. The molecule has 0 spiro atoms. The Kier molecular flexibility index (Phi) is 7.06. The molecule has 2 amide bonds. The second-order valence-corrected chi connectivity index (χ2v) is 8.07. The van der Waals surface area contributed by atoms with E-state index in [2.05, 4.69) is 15.6 Å². The second-order valence-electron chi connectivity index (χ2n) is 7.12. The zero-order valence-electron chi connectivity index (χ0n) is 17.4. The van der Waals surface area contributed by atoms with Gasteiger partial charge in [-0.25, -0.2) is 9.37 Å². The monoisotopic (exact) mass is 461 g/mol. The zero-order valence-corrected chi connectivity index (χ0v) is 18.2. The Morgan fingerprint density at radius 2 is 1.76 bits per heavy atom. The van der Waals surface area contributed by atoms with Crippen molar-refractivity contribution in [1.29, 1.82) is 0 Å². The topological polar surface area (TPSA) is 80.3 Å². The van der Waals surface area contributed by atoms with Gasteiger partial charge >= 0.3 is 0 Å². The lowest BCUT2D eigenvalue weighted by Crippen LogP contribution is -2.45. The molecule has 0 aliphatic rings. The molecular formula is C25H20FN3O3S. The van der Waals surface area contributed by atoms with E-state index in [9.17, 15) is 14.0 Å². The second kappa shape index (κ2) is 10.5. The van der Waals surface area contributed by atoms with E-state index in [1.165, 1.54) is 41.8 Å². The Labute approximate surface area is 194 Å². The summed E-state index contributed by atoms with van der Waals surface area (Å²) in [5.41, 5.74) is 1.38. The molecule has 2 heterocycles. The Hall–Kier alpha value is -4.04. The number of hydrogen-bond donors (Lipinski definition) is 2. The van der Waals surface area contributed by atoms with E-state index < -0.39 is 6.04 Å². The number of nitrogens with one attached hydrogen (secondary N) is 2. The van der Waals surface area contributed by atoms with Crippen molar-refractivity contribution >= 4 is 28.8 Å². The Morgan fingerprint density at radius 3 is 2.42 bits per heavy atom. The van der Waals surface area contributed by atoms with Crippen molar-refractivity contribution in [3.63, 3.8) is 0 Å². The van der Waals surface area contributed by atoms with E-state index in [0.717, 1.165) is 5.56 Å². The summed E-state index contributed by atoms with van der Waals surface area (Å²) in [4.78, 5) is 30.3. The summed E-state index contributed by atoms with van der Waals surface area (Å²) in [5, 5.41) is 7.42. The molecule has 33 heavy (non-hydrogen) atoms. The van der Waals surface area contributed by atoms with Gasteiger partial charge in [0.2, 0.25) is 11.8 Å². The first kappa shape index (κ1) is 22.2.